The lowest BCUT2D eigenvalue weighted by Gasteiger charge is -2.30. The predicted octanol–water partition coefficient (Wildman–Crippen LogP) is 3.12. The molecule has 1 aromatic heterocycles. The highest BCUT2D eigenvalue weighted by Crippen LogP contribution is 2.23. The number of nitrogens with one attached hydrogen (secondary N) is 2. The summed E-state index contributed by atoms with van der Waals surface area (Å²) in [5.41, 5.74) is 2.89. The standard InChI is InChI=1S/C13H19N3S2/c1-10-5-2-3-7-12(10)15-13(17)16-14-9-11-6-4-8-18-11/h4,6,8-10,12H,2-3,5,7H2,1H3,(H2,15,16,17)/b14-9-/t10-,12+/m0/s1. The van der Waals surface area contributed by atoms with Gasteiger partial charge in [-0.05, 0) is 42.4 Å². The zero-order valence-electron chi connectivity index (χ0n) is 10.6. The van der Waals surface area contributed by atoms with Crippen LogP contribution in [0.2, 0.25) is 0 Å². The van der Waals surface area contributed by atoms with Crippen LogP contribution in [-0.2, 0) is 0 Å². The smallest absolute Gasteiger partial charge is 0.187 e. The van der Waals surface area contributed by atoms with Crippen LogP contribution in [0.3, 0.4) is 0 Å². The highest BCUT2D eigenvalue weighted by molar-refractivity contribution is 7.80. The third-order valence-electron chi connectivity index (χ3n) is 3.33. The maximum atomic E-state index is 5.25. The number of hydrogen-bond acceptors (Lipinski definition) is 3. The van der Waals surface area contributed by atoms with Crippen molar-refractivity contribution in [1.82, 2.24) is 10.7 Å². The summed E-state index contributed by atoms with van der Waals surface area (Å²) in [5, 5.41) is 10.2. The minimum Gasteiger partial charge on any atom is -0.358 e. The number of thiocarbonyl (C=S) groups is 1. The lowest BCUT2D eigenvalue weighted by molar-refractivity contribution is 0.308. The van der Waals surface area contributed by atoms with Crippen molar-refractivity contribution >= 4 is 34.9 Å². The van der Waals surface area contributed by atoms with Crippen LogP contribution in [-0.4, -0.2) is 17.4 Å². The van der Waals surface area contributed by atoms with E-state index in [-0.39, 0.29) is 0 Å². The molecule has 1 aliphatic carbocycles. The average Bonchev–Trinajstić information content (AvgIpc) is 2.85. The number of hydrogen-bond donors (Lipinski definition) is 2. The van der Waals surface area contributed by atoms with Crippen LogP contribution in [0.15, 0.2) is 22.6 Å². The second-order valence-electron chi connectivity index (χ2n) is 4.73. The van der Waals surface area contributed by atoms with Crippen molar-refractivity contribution in [2.45, 2.75) is 38.6 Å². The summed E-state index contributed by atoms with van der Waals surface area (Å²) in [6, 6.07) is 4.53. The van der Waals surface area contributed by atoms with Gasteiger partial charge in [-0.25, -0.2) is 0 Å². The lowest BCUT2D eigenvalue weighted by Crippen LogP contribution is -2.44. The minimum absolute atomic E-state index is 0.496. The Morgan fingerprint density at radius 3 is 3.06 bits per heavy atom. The molecule has 1 saturated carbocycles. The van der Waals surface area contributed by atoms with E-state index in [1.807, 2.05) is 17.5 Å². The minimum atomic E-state index is 0.496. The zero-order valence-corrected chi connectivity index (χ0v) is 12.2. The molecule has 2 atom stereocenters. The van der Waals surface area contributed by atoms with Crippen LogP contribution < -0.4 is 10.7 Å². The van der Waals surface area contributed by atoms with Crippen LogP contribution in [0.25, 0.3) is 0 Å². The maximum Gasteiger partial charge on any atom is 0.187 e. The van der Waals surface area contributed by atoms with Crippen molar-refractivity contribution in [1.29, 1.82) is 0 Å². The van der Waals surface area contributed by atoms with Crippen molar-refractivity contribution in [3.8, 4) is 0 Å². The second-order valence-corrected chi connectivity index (χ2v) is 6.11. The predicted molar refractivity (Wildman–Crippen MR) is 82.2 cm³/mol. The van der Waals surface area contributed by atoms with Gasteiger partial charge >= 0.3 is 0 Å². The van der Waals surface area contributed by atoms with E-state index < -0.39 is 0 Å². The van der Waals surface area contributed by atoms with Gasteiger partial charge in [-0.15, -0.1) is 11.3 Å². The number of hydrazone groups is 1. The van der Waals surface area contributed by atoms with E-state index in [0.717, 1.165) is 4.88 Å². The van der Waals surface area contributed by atoms with Gasteiger partial charge in [-0.2, -0.15) is 5.10 Å². The molecule has 1 aliphatic rings. The van der Waals surface area contributed by atoms with E-state index in [9.17, 15) is 0 Å². The van der Waals surface area contributed by atoms with Crippen molar-refractivity contribution in [2.24, 2.45) is 11.0 Å². The molecule has 2 rings (SSSR count). The third kappa shape index (κ3) is 4.07. The molecule has 1 aromatic rings. The molecule has 1 fully saturated rings. The molecule has 3 nitrogen and oxygen atoms in total. The summed E-state index contributed by atoms with van der Waals surface area (Å²) in [6.45, 7) is 2.29. The van der Waals surface area contributed by atoms with Gasteiger partial charge < -0.3 is 5.32 Å². The Bertz CT molecular complexity index is 400. The van der Waals surface area contributed by atoms with E-state index in [4.69, 9.17) is 12.2 Å². The topological polar surface area (TPSA) is 36.4 Å². The first-order valence-corrected chi connectivity index (χ1v) is 7.67. The fourth-order valence-corrected chi connectivity index (χ4v) is 3.04. The number of nitrogens with zero attached hydrogens (tertiary/aromatic N) is 1. The normalized spacial score (nSPS) is 24.1. The molecule has 2 N–H and O–H groups in total. The maximum absolute atomic E-state index is 5.25. The van der Waals surface area contributed by atoms with E-state index in [1.54, 1.807) is 17.6 Å². The first-order chi connectivity index (χ1) is 8.75. The molecule has 98 valence electrons. The van der Waals surface area contributed by atoms with Crippen LogP contribution in [0, 0.1) is 5.92 Å². The SMILES string of the molecule is C[C@H]1CCCC[C@H]1NC(=S)N/N=C\c1cccs1. The molecule has 5 heteroatoms. The van der Waals surface area contributed by atoms with E-state index >= 15 is 0 Å². The van der Waals surface area contributed by atoms with Gasteiger partial charge in [0.15, 0.2) is 5.11 Å². The second kappa shape index (κ2) is 6.85. The number of rotatable bonds is 3. The summed E-state index contributed by atoms with van der Waals surface area (Å²) in [5.74, 6) is 0.694. The molecule has 0 aliphatic heterocycles. The van der Waals surface area contributed by atoms with Crippen LogP contribution >= 0.6 is 23.6 Å². The summed E-state index contributed by atoms with van der Waals surface area (Å²) in [6.07, 6.45) is 6.93. The van der Waals surface area contributed by atoms with Gasteiger partial charge in [-0.3, -0.25) is 5.43 Å². The molecular formula is C13H19N3S2. The Hall–Kier alpha value is -0.940. The summed E-state index contributed by atoms with van der Waals surface area (Å²) < 4.78 is 0. The van der Waals surface area contributed by atoms with Crippen LogP contribution in [0.4, 0.5) is 0 Å². The Kier molecular flexibility index (Phi) is 5.13. The largest absolute Gasteiger partial charge is 0.358 e. The Morgan fingerprint density at radius 2 is 2.33 bits per heavy atom. The molecule has 0 radical (unpaired) electrons. The summed E-state index contributed by atoms with van der Waals surface area (Å²) >= 11 is 6.91. The van der Waals surface area contributed by atoms with Crippen molar-refractivity contribution in [3.63, 3.8) is 0 Å². The molecule has 18 heavy (non-hydrogen) atoms. The fourth-order valence-electron chi connectivity index (χ4n) is 2.25. The van der Waals surface area contributed by atoms with Crippen LogP contribution in [0.1, 0.15) is 37.5 Å². The molecule has 0 amide bonds. The lowest BCUT2D eigenvalue weighted by atomic mass is 9.86. The Morgan fingerprint density at radius 1 is 1.50 bits per heavy atom. The molecule has 0 saturated heterocycles. The fraction of sp³-hybridized carbons (Fsp3) is 0.538. The van der Waals surface area contributed by atoms with Crippen molar-refractivity contribution in [2.75, 3.05) is 0 Å². The Balaban J connectivity index is 1.74. The van der Waals surface area contributed by atoms with Gasteiger partial charge in [0.1, 0.15) is 0 Å². The summed E-state index contributed by atoms with van der Waals surface area (Å²) in [4.78, 5) is 1.12. The molecule has 0 spiro atoms. The summed E-state index contributed by atoms with van der Waals surface area (Å²) in [7, 11) is 0. The van der Waals surface area contributed by atoms with Gasteiger partial charge in [0, 0.05) is 10.9 Å². The molecule has 0 unspecified atom stereocenters. The van der Waals surface area contributed by atoms with E-state index in [2.05, 4.69) is 22.8 Å². The van der Waals surface area contributed by atoms with Gasteiger partial charge in [-0.1, -0.05) is 25.8 Å². The Labute approximate surface area is 118 Å². The highest BCUT2D eigenvalue weighted by atomic mass is 32.1. The first kappa shape index (κ1) is 13.5. The van der Waals surface area contributed by atoms with Gasteiger partial charge in [0.2, 0.25) is 0 Å². The highest BCUT2D eigenvalue weighted by Gasteiger charge is 2.21. The molecule has 1 heterocycles. The monoisotopic (exact) mass is 281 g/mol. The zero-order chi connectivity index (χ0) is 12.8. The van der Waals surface area contributed by atoms with Crippen molar-refractivity contribution < 1.29 is 0 Å². The van der Waals surface area contributed by atoms with Crippen molar-refractivity contribution in [3.05, 3.63) is 22.4 Å². The molecule has 0 bridgehead atoms. The van der Waals surface area contributed by atoms with E-state index in [1.165, 1.54) is 25.7 Å². The molecular weight excluding hydrogens is 262 g/mol. The third-order valence-corrected chi connectivity index (χ3v) is 4.35. The van der Waals surface area contributed by atoms with Crippen LogP contribution in [0.5, 0.6) is 0 Å². The average molecular weight is 281 g/mol. The van der Waals surface area contributed by atoms with Gasteiger partial charge in [0.05, 0.1) is 6.21 Å². The molecule has 0 aromatic carbocycles. The first-order valence-electron chi connectivity index (χ1n) is 6.39. The quantitative estimate of drug-likeness (QED) is 0.508. The number of thiophene rings is 1. The van der Waals surface area contributed by atoms with E-state index in [0.29, 0.717) is 17.1 Å². The van der Waals surface area contributed by atoms with Gasteiger partial charge in [0.25, 0.3) is 0 Å².